The predicted molar refractivity (Wildman–Crippen MR) is 227 cm³/mol. The summed E-state index contributed by atoms with van der Waals surface area (Å²) in [5, 5.41) is 10.1. The van der Waals surface area contributed by atoms with Crippen LogP contribution in [0, 0.1) is 0 Å². The molecule has 0 fully saturated rings. The van der Waals surface area contributed by atoms with Crippen LogP contribution in [-0.2, 0) is 0 Å². The van der Waals surface area contributed by atoms with Gasteiger partial charge in [-0.2, -0.15) is 0 Å². The van der Waals surface area contributed by atoms with E-state index in [-0.39, 0.29) is 0 Å². The van der Waals surface area contributed by atoms with E-state index in [4.69, 9.17) is 0 Å². The summed E-state index contributed by atoms with van der Waals surface area (Å²) in [6.45, 7) is 0. The van der Waals surface area contributed by atoms with Crippen LogP contribution in [0.25, 0.3) is 76.5 Å². The minimum Gasteiger partial charge on any atom is -0.310 e. The second kappa shape index (κ2) is 13.0. The lowest BCUT2D eigenvalue weighted by molar-refractivity contribution is 1.29. The monoisotopic (exact) mass is 673 g/mol. The van der Waals surface area contributed by atoms with Gasteiger partial charge in [0.1, 0.15) is 0 Å². The zero-order valence-corrected chi connectivity index (χ0v) is 29.2. The van der Waals surface area contributed by atoms with E-state index < -0.39 is 0 Å². The molecule has 0 saturated heterocycles. The van der Waals surface area contributed by atoms with Crippen molar-refractivity contribution in [2.75, 3.05) is 4.90 Å². The van der Waals surface area contributed by atoms with Crippen molar-refractivity contribution in [2.24, 2.45) is 0 Å². The maximum atomic E-state index is 2.40. The van der Waals surface area contributed by atoms with Crippen molar-refractivity contribution in [1.82, 2.24) is 0 Å². The molecule has 0 amide bonds. The fourth-order valence-corrected chi connectivity index (χ4v) is 8.05. The Kier molecular flexibility index (Phi) is 7.55. The highest BCUT2D eigenvalue weighted by atomic mass is 15.1. The van der Waals surface area contributed by atoms with Gasteiger partial charge in [0.25, 0.3) is 0 Å². The van der Waals surface area contributed by atoms with E-state index in [1.807, 2.05) is 0 Å². The van der Waals surface area contributed by atoms with Crippen molar-refractivity contribution >= 4 is 60.2 Å². The molecule has 0 saturated carbocycles. The topological polar surface area (TPSA) is 3.24 Å². The summed E-state index contributed by atoms with van der Waals surface area (Å²) >= 11 is 0. The molecule has 10 rings (SSSR count). The molecule has 248 valence electrons. The Morgan fingerprint density at radius 3 is 1.64 bits per heavy atom. The Labute approximate surface area is 309 Å². The Morgan fingerprint density at radius 2 is 0.830 bits per heavy atom. The lowest BCUT2D eigenvalue weighted by atomic mass is 9.90. The van der Waals surface area contributed by atoms with Gasteiger partial charge < -0.3 is 4.90 Å². The number of nitrogens with zero attached hydrogens (tertiary/aromatic N) is 1. The summed E-state index contributed by atoms with van der Waals surface area (Å²) in [4.78, 5) is 2.40. The number of hydrogen-bond donors (Lipinski definition) is 0. The van der Waals surface area contributed by atoms with Crippen molar-refractivity contribution in [2.45, 2.75) is 0 Å². The van der Waals surface area contributed by atoms with Gasteiger partial charge in [-0.05, 0) is 113 Å². The lowest BCUT2D eigenvalue weighted by Gasteiger charge is -2.28. The highest BCUT2D eigenvalue weighted by molar-refractivity contribution is 6.23. The summed E-state index contributed by atoms with van der Waals surface area (Å²) in [5.74, 6) is 0. The molecule has 0 aromatic heterocycles. The average Bonchev–Trinajstić information content (AvgIpc) is 3.24. The summed E-state index contributed by atoms with van der Waals surface area (Å²) < 4.78 is 0. The van der Waals surface area contributed by atoms with Gasteiger partial charge in [0.15, 0.2) is 0 Å². The molecule has 0 aliphatic carbocycles. The average molecular weight is 674 g/mol. The van der Waals surface area contributed by atoms with Crippen molar-refractivity contribution in [3.8, 4) is 33.4 Å². The molecular weight excluding hydrogens is 639 g/mol. The molecule has 0 heterocycles. The Morgan fingerprint density at radius 1 is 0.264 bits per heavy atom. The van der Waals surface area contributed by atoms with Gasteiger partial charge in [-0.3, -0.25) is 0 Å². The largest absolute Gasteiger partial charge is 0.310 e. The van der Waals surface area contributed by atoms with Gasteiger partial charge >= 0.3 is 0 Å². The Bertz CT molecular complexity index is 2930. The molecule has 0 atom stereocenters. The third-order valence-corrected chi connectivity index (χ3v) is 10.6. The van der Waals surface area contributed by atoms with Crippen LogP contribution in [0.15, 0.2) is 212 Å². The van der Waals surface area contributed by atoms with Crippen molar-refractivity contribution < 1.29 is 0 Å². The summed E-state index contributed by atoms with van der Waals surface area (Å²) in [6, 6.07) is 77.2. The Balaban J connectivity index is 1.15. The van der Waals surface area contributed by atoms with E-state index >= 15 is 0 Å². The smallest absolute Gasteiger partial charge is 0.0540 e. The second-order valence-electron chi connectivity index (χ2n) is 13.7. The van der Waals surface area contributed by atoms with Crippen LogP contribution < -0.4 is 4.90 Å². The van der Waals surface area contributed by atoms with Crippen molar-refractivity contribution in [3.05, 3.63) is 212 Å². The zero-order chi connectivity index (χ0) is 35.1. The molecule has 0 radical (unpaired) electrons. The molecule has 0 aliphatic heterocycles. The van der Waals surface area contributed by atoms with Gasteiger partial charge in [-0.25, -0.2) is 0 Å². The van der Waals surface area contributed by atoms with Crippen molar-refractivity contribution in [3.63, 3.8) is 0 Å². The van der Waals surface area contributed by atoms with E-state index in [9.17, 15) is 0 Å². The molecule has 10 aromatic rings. The highest BCUT2D eigenvalue weighted by Gasteiger charge is 2.18. The van der Waals surface area contributed by atoms with Crippen LogP contribution in [0.1, 0.15) is 0 Å². The van der Waals surface area contributed by atoms with Crippen LogP contribution in [0.5, 0.6) is 0 Å². The number of para-hydroxylation sites is 1. The minimum absolute atomic E-state index is 1.11. The van der Waals surface area contributed by atoms with Crippen molar-refractivity contribution in [1.29, 1.82) is 0 Å². The van der Waals surface area contributed by atoms with E-state index in [0.717, 1.165) is 17.1 Å². The molecule has 0 spiro atoms. The molecule has 0 aliphatic rings. The molecular formula is C52H35N. The van der Waals surface area contributed by atoms with E-state index in [1.54, 1.807) is 0 Å². The number of anilines is 3. The van der Waals surface area contributed by atoms with Crippen LogP contribution in [0.4, 0.5) is 17.1 Å². The summed E-state index contributed by atoms with van der Waals surface area (Å²) in [5.41, 5.74) is 10.6. The maximum absolute atomic E-state index is 2.40. The zero-order valence-electron chi connectivity index (χ0n) is 29.2. The van der Waals surface area contributed by atoms with Gasteiger partial charge in [0.2, 0.25) is 0 Å². The first-order valence-corrected chi connectivity index (χ1v) is 18.3. The third kappa shape index (κ3) is 5.51. The predicted octanol–water partition coefficient (Wildman–Crippen LogP) is 14.8. The number of rotatable bonds is 6. The maximum Gasteiger partial charge on any atom is 0.0540 e. The molecule has 1 nitrogen and oxygen atoms in total. The van der Waals surface area contributed by atoms with E-state index in [2.05, 4.69) is 217 Å². The number of fused-ring (bicyclic) bond motifs is 6. The number of hydrogen-bond acceptors (Lipinski definition) is 1. The first-order chi connectivity index (χ1) is 26.3. The quantitative estimate of drug-likeness (QED) is 0.159. The molecule has 10 aromatic carbocycles. The Hall–Kier alpha value is -6.96. The minimum atomic E-state index is 1.11. The van der Waals surface area contributed by atoms with Crippen LogP contribution in [0.3, 0.4) is 0 Å². The summed E-state index contributed by atoms with van der Waals surface area (Å²) in [6.07, 6.45) is 0. The molecule has 1 heteroatoms. The van der Waals surface area contributed by atoms with Gasteiger partial charge in [-0.1, -0.05) is 170 Å². The summed E-state index contributed by atoms with van der Waals surface area (Å²) in [7, 11) is 0. The van der Waals surface area contributed by atoms with Crippen LogP contribution in [0.2, 0.25) is 0 Å². The third-order valence-electron chi connectivity index (χ3n) is 10.6. The number of benzene rings is 10. The fraction of sp³-hybridized carbons (Fsp3) is 0. The first kappa shape index (κ1) is 30.8. The normalized spacial score (nSPS) is 11.4. The SMILES string of the molecule is c1ccc(-c2ccc(N(c3ccc4ccc(-c5cc6ccc7ccccc7c6c6ccccc56)cc4c3)c3ccccc3-c3ccccc3)cc2)cc1. The second-order valence-corrected chi connectivity index (χ2v) is 13.7. The molecule has 0 unspecified atom stereocenters. The van der Waals surface area contributed by atoms with Crippen LogP contribution in [-0.4, -0.2) is 0 Å². The van der Waals surface area contributed by atoms with Gasteiger partial charge in [-0.15, -0.1) is 0 Å². The van der Waals surface area contributed by atoms with E-state index in [1.165, 1.54) is 76.5 Å². The van der Waals surface area contributed by atoms with Gasteiger partial charge in [0.05, 0.1) is 5.69 Å². The highest BCUT2D eigenvalue weighted by Crippen LogP contribution is 2.43. The fourth-order valence-electron chi connectivity index (χ4n) is 8.05. The molecule has 0 bridgehead atoms. The van der Waals surface area contributed by atoms with Gasteiger partial charge in [0, 0.05) is 16.9 Å². The van der Waals surface area contributed by atoms with Crippen LogP contribution >= 0.6 is 0 Å². The standard InChI is InChI=1S/C52H35N/c1-3-13-36(14-4-1)37-27-30-44(31-28-37)53(51-22-12-11-18-46(51)39-15-5-2-6-16-39)45-32-29-38-23-25-41(33-43(38)34-45)50-35-42-26-24-40-17-7-8-19-47(40)52(42)49-21-10-9-20-48(49)50/h1-35H. The lowest BCUT2D eigenvalue weighted by Crippen LogP contribution is -2.11. The molecule has 0 N–H and O–H groups in total. The van der Waals surface area contributed by atoms with E-state index in [0.29, 0.717) is 0 Å². The molecule has 53 heavy (non-hydrogen) atoms. The first-order valence-electron chi connectivity index (χ1n) is 18.3.